The minimum Gasteiger partial charge on any atom is -0.311 e. The number of aromatic nitrogens is 2. The normalized spacial score (nSPS) is 16.7. The van der Waals surface area contributed by atoms with E-state index in [0.717, 1.165) is 0 Å². The Labute approximate surface area is 163 Å². The largest absolute Gasteiger partial charge is 0.311 e. The van der Waals surface area contributed by atoms with E-state index in [1.165, 1.54) is 28.5 Å². The molecule has 3 aromatic rings. The van der Waals surface area contributed by atoms with E-state index in [9.17, 15) is 19.7 Å². The fourth-order valence-electron chi connectivity index (χ4n) is 3.22. The molecule has 1 fully saturated rings. The number of para-hydroxylation sites is 1. The predicted molar refractivity (Wildman–Crippen MR) is 107 cm³/mol. The number of nitro groups is 1. The molecule has 142 valence electrons. The van der Waals surface area contributed by atoms with Crippen LogP contribution in [0.25, 0.3) is 10.9 Å². The van der Waals surface area contributed by atoms with Crippen molar-refractivity contribution >= 4 is 39.9 Å². The number of hydrogen-bond acceptors (Lipinski definition) is 6. The Morgan fingerprint density at radius 2 is 1.96 bits per heavy atom. The lowest BCUT2D eigenvalue weighted by Crippen LogP contribution is -2.28. The van der Waals surface area contributed by atoms with Gasteiger partial charge in [-0.15, -0.1) is 0 Å². The summed E-state index contributed by atoms with van der Waals surface area (Å²) in [5, 5.41) is 11.6. The predicted octanol–water partition coefficient (Wildman–Crippen LogP) is 2.74. The monoisotopic (exact) mass is 396 g/mol. The Kier molecular flexibility index (Phi) is 4.60. The zero-order valence-corrected chi connectivity index (χ0v) is 15.8. The highest BCUT2D eigenvalue weighted by atomic mass is 32.2. The first-order valence-electron chi connectivity index (χ1n) is 8.64. The van der Waals surface area contributed by atoms with E-state index in [4.69, 9.17) is 0 Å². The maximum absolute atomic E-state index is 12.9. The SMILES string of the molecule is Cn1c(SC2CCN(c3cccc([N+](=O)[O-])c3)C2=O)nc2ccccc2c1=O. The van der Waals surface area contributed by atoms with Gasteiger partial charge in [0.25, 0.3) is 11.2 Å². The van der Waals surface area contributed by atoms with Gasteiger partial charge >= 0.3 is 0 Å². The van der Waals surface area contributed by atoms with Crippen LogP contribution in [0, 0.1) is 10.1 Å². The van der Waals surface area contributed by atoms with Crippen LogP contribution in [0.5, 0.6) is 0 Å². The van der Waals surface area contributed by atoms with Gasteiger partial charge in [0.15, 0.2) is 5.16 Å². The molecule has 0 saturated carbocycles. The maximum atomic E-state index is 12.9. The number of nitrogens with zero attached hydrogens (tertiary/aromatic N) is 4. The van der Waals surface area contributed by atoms with E-state index >= 15 is 0 Å². The third-order valence-electron chi connectivity index (χ3n) is 4.70. The van der Waals surface area contributed by atoms with Crippen LogP contribution in [0.15, 0.2) is 58.5 Å². The van der Waals surface area contributed by atoms with Crippen LogP contribution in [-0.4, -0.2) is 32.2 Å². The number of amides is 1. The average molecular weight is 396 g/mol. The standard InChI is InChI=1S/C19H16N4O4S/c1-21-17(24)14-7-2-3-8-15(14)20-19(21)28-16-9-10-22(18(16)25)12-5-4-6-13(11-12)23(26)27/h2-8,11,16H,9-10H2,1H3. The lowest BCUT2D eigenvalue weighted by atomic mass is 10.2. The zero-order chi connectivity index (χ0) is 19.8. The van der Waals surface area contributed by atoms with Gasteiger partial charge in [-0.2, -0.15) is 0 Å². The second-order valence-corrected chi connectivity index (χ2v) is 7.61. The summed E-state index contributed by atoms with van der Waals surface area (Å²) in [5.41, 5.74) is 0.880. The molecular weight excluding hydrogens is 380 g/mol. The lowest BCUT2D eigenvalue weighted by molar-refractivity contribution is -0.384. The van der Waals surface area contributed by atoms with Crippen LogP contribution < -0.4 is 10.5 Å². The van der Waals surface area contributed by atoms with Gasteiger partial charge in [0.1, 0.15) is 0 Å². The van der Waals surface area contributed by atoms with Gasteiger partial charge in [-0.25, -0.2) is 4.98 Å². The van der Waals surface area contributed by atoms with Gasteiger partial charge in [-0.05, 0) is 24.6 Å². The molecule has 4 rings (SSSR count). The number of benzene rings is 2. The van der Waals surface area contributed by atoms with E-state index in [2.05, 4.69) is 4.98 Å². The van der Waals surface area contributed by atoms with E-state index in [-0.39, 0.29) is 17.2 Å². The average Bonchev–Trinajstić information content (AvgIpc) is 3.06. The minimum atomic E-state index is -0.481. The lowest BCUT2D eigenvalue weighted by Gasteiger charge is -2.17. The molecule has 9 heteroatoms. The Bertz CT molecular complexity index is 1160. The third-order valence-corrected chi connectivity index (χ3v) is 6.00. The molecule has 1 saturated heterocycles. The van der Waals surface area contributed by atoms with Gasteiger partial charge in [0.05, 0.1) is 26.8 Å². The van der Waals surface area contributed by atoms with Crippen LogP contribution in [0.1, 0.15) is 6.42 Å². The number of rotatable bonds is 4. The van der Waals surface area contributed by atoms with Crippen molar-refractivity contribution in [1.29, 1.82) is 0 Å². The Morgan fingerprint density at radius 3 is 2.75 bits per heavy atom. The number of anilines is 1. The third kappa shape index (κ3) is 3.13. The number of nitro benzene ring substituents is 1. The number of hydrogen-bond donors (Lipinski definition) is 0. The highest BCUT2D eigenvalue weighted by Crippen LogP contribution is 2.33. The van der Waals surface area contributed by atoms with Gasteiger partial charge in [0, 0.05) is 25.7 Å². The van der Waals surface area contributed by atoms with Crippen molar-refractivity contribution in [3.63, 3.8) is 0 Å². The molecule has 2 aromatic carbocycles. The van der Waals surface area contributed by atoms with Crippen molar-refractivity contribution in [2.75, 3.05) is 11.4 Å². The summed E-state index contributed by atoms with van der Waals surface area (Å²) >= 11 is 1.25. The van der Waals surface area contributed by atoms with Crippen molar-refractivity contribution in [3.8, 4) is 0 Å². The molecule has 0 aliphatic carbocycles. The Balaban J connectivity index is 1.61. The van der Waals surface area contributed by atoms with E-state index in [1.54, 1.807) is 42.3 Å². The molecule has 1 atom stereocenters. The van der Waals surface area contributed by atoms with Gasteiger partial charge in [-0.3, -0.25) is 24.3 Å². The molecule has 0 N–H and O–H groups in total. The highest BCUT2D eigenvalue weighted by Gasteiger charge is 2.34. The molecular formula is C19H16N4O4S. The van der Waals surface area contributed by atoms with Crippen molar-refractivity contribution in [2.45, 2.75) is 16.8 Å². The molecule has 0 radical (unpaired) electrons. The number of carbonyl (C=O) groups is 1. The van der Waals surface area contributed by atoms with Crippen molar-refractivity contribution in [2.24, 2.45) is 7.05 Å². The summed E-state index contributed by atoms with van der Waals surface area (Å²) in [7, 11) is 1.64. The summed E-state index contributed by atoms with van der Waals surface area (Å²) in [6.45, 7) is 0.458. The summed E-state index contributed by atoms with van der Waals surface area (Å²) in [6, 6.07) is 13.1. The Morgan fingerprint density at radius 1 is 1.18 bits per heavy atom. The first-order chi connectivity index (χ1) is 13.5. The van der Waals surface area contributed by atoms with Crippen molar-refractivity contribution in [3.05, 3.63) is 69.0 Å². The molecule has 1 aliphatic heterocycles. The van der Waals surface area contributed by atoms with E-state index in [1.807, 2.05) is 6.07 Å². The van der Waals surface area contributed by atoms with E-state index < -0.39 is 10.2 Å². The van der Waals surface area contributed by atoms with Crippen LogP contribution >= 0.6 is 11.8 Å². The molecule has 1 amide bonds. The topological polar surface area (TPSA) is 98.3 Å². The second kappa shape index (κ2) is 7.08. The molecule has 1 aromatic heterocycles. The van der Waals surface area contributed by atoms with Crippen molar-refractivity contribution < 1.29 is 9.72 Å². The fourth-order valence-corrected chi connectivity index (χ4v) is 4.32. The first-order valence-corrected chi connectivity index (χ1v) is 9.52. The molecule has 2 heterocycles. The second-order valence-electron chi connectivity index (χ2n) is 6.44. The molecule has 1 unspecified atom stereocenters. The smallest absolute Gasteiger partial charge is 0.271 e. The van der Waals surface area contributed by atoms with Gasteiger partial charge in [0.2, 0.25) is 5.91 Å². The van der Waals surface area contributed by atoms with Crippen molar-refractivity contribution in [1.82, 2.24) is 9.55 Å². The van der Waals surface area contributed by atoms with Gasteiger partial charge < -0.3 is 4.90 Å². The van der Waals surface area contributed by atoms with Crippen LogP contribution in [0.3, 0.4) is 0 Å². The molecule has 0 spiro atoms. The summed E-state index contributed by atoms with van der Waals surface area (Å²) in [6.07, 6.45) is 0.564. The van der Waals surface area contributed by atoms with Crippen LogP contribution in [0.2, 0.25) is 0 Å². The summed E-state index contributed by atoms with van der Waals surface area (Å²) < 4.78 is 1.45. The molecule has 28 heavy (non-hydrogen) atoms. The van der Waals surface area contributed by atoms with E-state index in [0.29, 0.717) is 34.7 Å². The Hall–Kier alpha value is -3.20. The summed E-state index contributed by atoms with van der Waals surface area (Å²) in [4.78, 5) is 42.0. The highest BCUT2D eigenvalue weighted by molar-refractivity contribution is 8.00. The molecule has 8 nitrogen and oxygen atoms in total. The quantitative estimate of drug-likeness (QED) is 0.382. The number of carbonyl (C=O) groups excluding carboxylic acids is 1. The molecule has 1 aliphatic rings. The number of thioether (sulfide) groups is 1. The minimum absolute atomic E-state index is 0.0556. The zero-order valence-electron chi connectivity index (χ0n) is 14.9. The number of non-ortho nitro benzene ring substituents is 1. The first kappa shape index (κ1) is 18.2. The fraction of sp³-hybridized carbons (Fsp3) is 0.211. The number of fused-ring (bicyclic) bond motifs is 1. The van der Waals surface area contributed by atoms with Crippen LogP contribution in [0.4, 0.5) is 11.4 Å². The van der Waals surface area contributed by atoms with Crippen LogP contribution in [-0.2, 0) is 11.8 Å². The summed E-state index contributed by atoms with van der Waals surface area (Å²) in [5.74, 6) is -0.145. The van der Waals surface area contributed by atoms with Gasteiger partial charge in [-0.1, -0.05) is 30.0 Å². The maximum Gasteiger partial charge on any atom is 0.271 e. The molecule has 0 bridgehead atoms.